The van der Waals surface area contributed by atoms with Gasteiger partial charge in [0, 0.05) is 6.54 Å². The van der Waals surface area contributed by atoms with Gasteiger partial charge in [-0.3, -0.25) is 0 Å². The van der Waals surface area contributed by atoms with Crippen LogP contribution < -0.4 is 5.32 Å². The minimum Gasteiger partial charge on any atom is -0.380 e. The molecule has 0 unspecified atom stereocenters. The number of nitrogens with one attached hydrogen (secondary N) is 1. The van der Waals surface area contributed by atoms with E-state index in [9.17, 15) is 0 Å². The number of benzene rings is 1. The van der Waals surface area contributed by atoms with Gasteiger partial charge < -0.3 is 5.32 Å². The maximum Gasteiger partial charge on any atom is 0.0991 e. The Morgan fingerprint density at radius 2 is 2.07 bits per heavy atom. The molecular weight excluding hydrogens is 192 g/mol. The van der Waals surface area contributed by atoms with Crippen LogP contribution in [0.1, 0.15) is 18.1 Å². The van der Waals surface area contributed by atoms with Gasteiger partial charge in [-0.15, -0.1) is 0 Å². The Bertz CT molecular complexity index is 349. The first-order valence-electron chi connectivity index (χ1n) is 4.46. The molecule has 0 aliphatic rings. The lowest BCUT2D eigenvalue weighted by Crippen LogP contribution is -2.20. The van der Waals surface area contributed by atoms with E-state index in [1.165, 1.54) is 5.56 Å². The van der Waals surface area contributed by atoms with Crippen LogP contribution in [-0.4, -0.2) is 11.5 Å². The van der Waals surface area contributed by atoms with Crippen LogP contribution in [0, 0.1) is 11.3 Å². The van der Waals surface area contributed by atoms with Crippen molar-refractivity contribution in [2.45, 2.75) is 13.3 Å². The first-order chi connectivity index (χ1) is 6.72. The van der Waals surface area contributed by atoms with Gasteiger partial charge in [0.15, 0.2) is 0 Å². The minimum absolute atomic E-state index is 0.702. The molecule has 3 heteroatoms. The van der Waals surface area contributed by atoms with E-state index >= 15 is 0 Å². The number of thiocarbonyl (C=S) groups is 1. The van der Waals surface area contributed by atoms with Gasteiger partial charge in [-0.05, 0) is 31.0 Å². The molecular formula is C11H12N2S. The standard InChI is InChI=1S/C11H12N2S/c1-9(14)13-7-6-10-2-4-11(8-12)5-3-10/h2-5H,6-7H2,1H3,(H,13,14). The average molecular weight is 204 g/mol. The quantitative estimate of drug-likeness (QED) is 0.765. The maximum atomic E-state index is 8.60. The van der Waals surface area contributed by atoms with Gasteiger partial charge in [0.25, 0.3) is 0 Å². The van der Waals surface area contributed by atoms with Crippen molar-refractivity contribution in [3.63, 3.8) is 0 Å². The van der Waals surface area contributed by atoms with Gasteiger partial charge in [-0.2, -0.15) is 5.26 Å². The van der Waals surface area contributed by atoms with Crippen LogP contribution in [0.4, 0.5) is 0 Å². The first-order valence-corrected chi connectivity index (χ1v) is 4.86. The molecule has 0 saturated carbocycles. The third-order valence-electron chi connectivity index (χ3n) is 1.87. The Labute approximate surface area is 89.6 Å². The van der Waals surface area contributed by atoms with Gasteiger partial charge in [-0.1, -0.05) is 24.4 Å². The molecule has 0 aliphatic carbocycles. The molecule has 1 rings (SSSR count). The van der Waals surface area contributed by atoms with Crippen LogP contribution in [0.15, 0.2) is 24.3 Å². The van der Waals surface area contributed by atoms with E-state index in [1.54, 1.807) is 0 Å². The number of hydrogen-bond donors (Lipinski definition) is 1. The minimum atomic E-state index is 0.702. The van der Waals surface area contributed by atoms with Crippen LogP contribution in [0.3, 0.4) is 0 Å². The normalized spacial score (nSPS) is 9.14. The predicted octanol–water partition coefficient (Wildman–Crippen LogP) is 2.04. The summed E-state index contributed by atoms with van der Waals surface area (Å²) in [5.74, 6) is 0. The zero-order valence-corrected chi connectivity index (χ0v) is 8.90. The lowest BCUT2D eigenvalue weighted by molar-refractivity contribution is 0.872. The molecule has 0 heterocycles. The van der Waals surface area contributed by atoms with Gasteiger partial charge in [0.1, 0.15) is 0 Å². The van der Waals surface area contributed by atoms with Crippen molar-refractivity contribution >= 4 is 17.2 Å². The summed E-state index contributed by atoms with van der Waals surface area (Å²) in [6.07, 6.45) is 0.930. The highest BCUT2D eigenvalue weighted by Crippen LogP contribution is 2.03. The topological polar surface area (TPSA) is 35.8 Å². The SMILES string of the molecule is CC(=S)NCCc1ccc(C#N)cc1. The lowest BCUT2D eigenvalue weighted by atomic mass is 10.1. The van der Waals surface area contributed by atoms with Crippen LogP contribution >= 0.6 is 12.2 Å². The molecule has 14 heavy (non-hydrogen) atoms. The van der Waals surface area contributed by atoms with Crippen molar-refractivity contribution in [3.05, 3.63) is 35.4 Å². The summed E-state index contributed by atoms with van der Waals surface area (Å²) in [6.45, 7) is 2.72. The van der Waals surface area contributed by atoms with Crippen molar-refractivity contribution in [1.29, 1.82) is 5.26 Å². The summed E-state index contributed by atoms with van der Waals surface area (Å²) >= 11 is 4.90. The van der Waals surface area contributed by atoms with Gasteiger partial charge in [0.05, 0.1) is 16.6 Å². The van der Waals surface area contributed by atoms with E-state index in [0.717, 1.165) is 18.0 Å². The molecule has 0 bridgehead atoms. The van der Waals surface area contributed by atoms with Crippen LogP contribution in [0.2, 0.25) is 0 Å². The maximum absolute atomic E-state index is 8.60. The van der Waals surface area contributed by atoms with E-state index in [4.69, 9.17) is 17.5 Å². The van der Waals surface area contributed by atoms with Crippen molar-refractivity contribution in [2.24, 2.45) is 0 Å². The Hall–Kier alpha value is -1.40. The Balaban J connectivity index is 2.45. The fraction of sp³-hybridized carbons (Fsp3) is 0.273. The highest BCUT2D eigenvalue weighted by Gasteiger charge is 1.93. The molecule has 1 aromatic carbocycles. The fourth-order valence-corrected chi connectivity index (χ4v) is 1.23. The fourth-order valence-electron chi connectivity index (χ4n) is 1.13. The number of rotatable bonds is 3. The van der Waals surface area contributed by atoms with E-state index in [2.05, 4.69) is 11.4 Å². The number of nitrogens with zero attached hydrogens (tertiary/aromatic N) is 1. The lowest BCUT2D eigenvalue weighted by Gasteiger charge is -2.03. The molecule has 0 fully saturated rings. The summed E-state index contributed by atoms with van der Waals surface area (Å²) in [7, 11) is 0. The van der Waals surface area contributed by atoms with E-state index < -0.39 is 0 Å². The van der Waals surface area contributed by atoms with Crippen LogP contribution in [0.25, 0.3) is 0 Å². The third kappa shape index (κ3) is 3.55. The first kappa shape index (κ1) is 10.7. The van der Waals surface area contributed by atoms with Crippen molar-refractivity contribution < 1.29 is 0 Å². The largest absolute Gasteiger partial charge is 0.380 e. The molecule has 1 aromatic rings. The second-order valence-corrected chi connectivity index (χ2v) is 3.65. The molecule has 0 radical (unpaired) electrons. The Kier molecular flexibility index (Phi) is 4.09. The molecule has 0 saturated heterocycles. The van der Waals surface area contributed by atoms with Gasteiger partial charge >= 0.3 is 0 Å². The Morgan fingerprint density at radius 1 is 1.43 bits per heavy atom. The summed E-state index contributed by atoms with van der Waals surface area (Å²) in [4.78, 5) is 0.818. The summed E-state index contributed by atoms with van der Waals surface area (Å²) in [5.41, 5.74) is 1.92. The van der Waals surface area contributed by atoms with Crippen LogP contribution in [-0.2, 0) is 6.42 Å². The molecule has 0 spiro atoms. The second kappa shape index (κ2) is 5.36. The Morgan fingerprint density at radius 3 is 2.57 bits per heavy atom. The predicted molar refractivity (Wildman–Crippen MR) is 61.1 cm³/mol. The van der Waals surface area contributed by atoms with Crippen molar-refractivity contribution in [3.8, 4) is 6.07 Å². The molecule has 1 N–H and O–H groups in total. The van der Waals surface area contributed by atoms with Crippen LogP contribution in [0.5, 0.6) is 0 Å². The molecule has 72 valence electrons. The zero-order chi connectivity index (χ0) is 10.4. The molecule has 0 atom stereocenters. The highest BCUT2D eigenvalue weighted by atomic mass is 32.1. The molecule has 0 aliphatic heterocycles. The van der Waals surface area contributed by atoms with Gasteiger partial charge in [-0.25, -0.2) is 0 Å². The smallest absolute Gasteiger partial charge is 0.0991 e. The van der Waals surface area contributed by atoms with E-state index in [-0.39, 0.29) is 0 Å². The summed E-state index contributed by atoms with van der Waals surface area (Å²) in [5, 5.41) is 11.7. The number of hydrogen-bond acceptors (Lipinski definition) is 2. The third-order valence-corrected chi connectivity index (χ3v) is 2.01. The monoisotopic (exact) mass is 204 g/mol. The summed E-state index contributed by atoms with van der Waals surface area (Å²) in [6, 6.07) is 9.70. The van der Waals surface area contributed by atoms with E-state index in [1.807, 2.05) is 31.2 Å². The highest BCUT2D eigenvalue weighted by molar-refractivity contribution is 7.80. The van der Waals surface area contributed by atoms with Gasteiger partial charge in [0.2, 0.25) is 0 Å². The zero-order valence-electron chi connectivity index (χ0n) is 8.08. The van der Waals surface area contributed by atoms with Crippen molar-refractivity contribution in [2.75, 3.05) is 6.54 Å². The molecule has 2 nitrogen and oxygen atoms in total. The number of nitriles is 1. The average Bonchev–Trinajstić information content (AvgIpc) is 2.18. The van der Waals surface area contributed by atoms with Crippen molar-refractivity contribution in [1.82, 2.24) is 5.32 Å². The molecule has 0 aromatic heterocycles. The molecule has 0 amide bonds. The van der Waals surface area contributed by atoms with E-state index in [0.29, 0.717) is 5.56 Å². The second-order valence-electron chi connectivity index (χ2n) is 3.04. The summed E-state index contributed by atoms with van der Waals surface area (Å²) < 4.78 is 0.